The largest absolute Gasteiger partial charge is 0.416 e. The van der Waals surface area contributed by atoms with Crippen molar-refractivity contribution < 1.29 is 18.0 Å². The Bertz CT molecular complexity index is 610. The van der Waals surface area contributed by atoms with Crippen molar-refractivity contribution in [2.75, 3.05) is 5.32 Å². The number of carbonyl (C=O) groups excluding carboxylic acids is 1. The average Bonchev–Trinajstić information content (AvgIpc) is 2.97. The number of halogens is 3. The molecule has 0 fully saturated rings. The van der Waals surface area contributed by atoms with Gasteiger partial charge in [0.1, 0.15) is 0 Å². The van der Waals surface area contributed by atoms with Gasteiger partial charge in [0.2, 0.25) is 5.91 Å². The van der Waals surface area contributed by atoms with Gasteiger partial charge in [0.15, 0.2) is 0 Å². The van der Waals surface area contributed by atoms with E-state index in [-0.39, 0.29) is 11.9 Å². The highest BCUT2D eigenvalue weighted by Gasteiger charge is 2.30. The maximum Gasteiger partial charge on any atom is 0.416 e. The van der Waals surface area contributed by atoms with Crippen molar-refractivity contribution in [3.63, 3.8) is 0 Å². The summed E-state index contributed by atoms with van der Waals surface area (Å²) in [5.74, 6) is -0.630. The summed E-state index contributed by atoms with van der Waals surface area (Å²) in [6.45, 7) is 1.82. The maximum atomic E-state index is 12.5. The fourth-order valence-corrected chi connectivity index (χ4v) is 1.96. The van der Waals surface area contributed by atoms with Gasteiger partial charge in [0.05, 0.1) is 5.56 Å². The molecule has 2 rings (SSSR count). The molecule has 0 bridgehead atoms. The molecule has 118 valence electrons. The van der Waals surface area contributed by atoms with Crippen molar-refractivity contribution in [2.24, 2.45) is 5.92 Å². The van der Waals surface area contributed by atoms with Gasteiger partial charge in [-0.15, -0.1) is 5.10 Å². The predicted molar refractivity (Wildman–Crippen MR) is 71.7 cm³/mol. The Hall–Kier alpha value is -2.45. The standard InChI is InChI=1S/C13H14F3N5O/c1-2-9(11(22)17-12-18-20-21-19-12)7-8-3-5-10(6-4-8)13(14,15)16/h3-6,9H,2,7H2,1H3,(H2,17,18,19,20,21,22)/t9-/m0/s1. The molecule has 0 aliphatic rings. The van der Waals surface area contributed by atoms with Crippen LogP contribution in [0.5, 0.6) is 0 Å². The Labute approximate surface area is 124 Å². The molecule has 0 saturated heterocycles. The quantitative estimate of drug-likeness (QED) is 0.888. The van der Waals surface area contributed by atoms with Crippen LogP contribution in [-0.4, -0.2) is 26.5 Å². The van der Waals surface area contributed by atoms with Crippen LogP contribution in [-0.2, 0) is 17.4 Å². The second-order valence-corrected chi connectivity index (χ2v) is 4.73. The molecule has 22 heavy (non-hydrogen) atoms. The van der Waals surface area contributed by atoms with Crippen LogP contribution in [0.15, 0.2) is 24.3 Å². The van der Waals surface area contributed by atoms with Gasteiger partial charge in [-0.25, -0.2) is 0 Å². The molecule has 1 aromatic heterocycles. The highest BCUT2D eigenvalue weighted by molar-refractivity contribution is 5.90. The summed E-state index contributed by atoms with van der Waals surface area (Å²) >= 11 is 0. The Morgan fingerprint density at radius 1 is 1.32 bits per heavy atom. The van der Waals surface area contributed by atoms with Crippen LogP contribution < -0.4 is 5.32 Å². The van der Waals surface area contributed by atoms with Crippen LogP contribution in [0.4, 0.5) is 19.1 Å². The van der Waals surface area contributed by atoms with E-state index in [2.05, 4.69) is 25.9 Å². The molecule has 0 radical (unpaired) electrons. The number of H-pyrrole nitrogens is 1. The molecule has 0 aliphatic heterocycles. The van der Waals surface area contributed by atoms with E-state index in [0.29, 0.717) is 18.4 Å². The average molecular weight is 313 g/mol. The van der Waals surface area contributed by atoms with E-state index < -0.39 is 17.7 Å². The lowest BCUT2D eigenvalue weighted by Gasteiger charge is -2.14. The molecule has 1 heterocycles. The second kappa shape index (κ2) is 6.54. The van der Waals surface area contributed by atoms with Crippen LogP contribution in [0.1, 0.15) is 24.5 Å². The molecular formula is C13H14F3N5O. The van der Waals surface area contributed by atoms with Crippen LogP contribution in [0.3, 0.4) is 0 Å². The third kappa shape index (κ3) is 4.03. The summed E-state index contributed by atoms with van der Waals surface area (Å²) in [6, 6.07) is 4.79. The van der Waals surface area contributed by atoms with Crippen molar-refractivity contribution in [1.82, 2.24) is 20.6 Å². The molecular weight excluding hydrogens is 299 g/mol. The Kier molecular flexibility index (Phi) is 4.74. The van der Waals surface area contributed by atoms with Crippen LogP contribution in [0.2, 0.25) is 0 Å². The van der Waals surface area contributed by atoms with E-state index in [1.54, 1.807) is 0 Å². The van der Waals surface area contributed by atoms with Gasteiger partial charge >= 0.3 is 6.18 Å². The van der Waals surface area contributed by atoms with Gasteiger partial charge < -0.3 is 0 Å². The number of nitrogens with one attached hydrogen (secondary N) is 2. The molecule has 2 N–H and O–H groups in total. The zero-order chi connectivity index (χ0) is 16.2. The molecule has 1 aromatic carbocycles. The third-order valence-corrected chi connectivity index (χ3v) is 3.21. The third-order valence-electron chi connectivity index (χ3n) is 3.21. The first-order chi connectivity index (χ1) is 10.4. The number of anilines is 1. The summed E-state index contributed by atoms with van der Waals surface area (Å²) in [5, 5.41) is 15.3. The first kappa shape index (κ1) is 15.9. The van der Waals surface area contributed by atoms with Gasteiger partial charge in [-0.2, -0.15) is 18.4 Å². The smallest absolute Gasteiger partial charge is 0.292 e. The van der Waals surface area contributed by atoms with Crippen molar-refractivity contribution in [3.05, 3.63) is 35.4 Å². The predicted octanol–water partition coefficient (Wildman–Crippen LogP) is 2.43. The molecule has 0 aliphatic carbocycles. The zero-order valence-corrected chi connectivity index (χ0v) is 11.7. The minimum absolute atomic E-state index is 0.0656. The molecule has 0 spiro atoms. The lowest BCUT2D eigenvalue weighted by molar-refractivity contribution is -0.137. The Morgan fingerprint density at radius 2 is 2.00 bits per heavy atom. The molecule has 6 nitrogen and oxygen atoms in total. The number of hydrogen-bond acceptors (Lipinski definition) is 4. The number of nitrogens with zero attached hydrogens (tertiary/aromatic N) is 3. The number of carbonyl (C=O) groups is 1. The first-order valence-corrected chi connectivity index (χ1v) is 6.60. The Balaban J connectivity index is 2.02. The highest BCUT2D eigenvalue weighted by Crippen LogP contribution is 2.29. The first-order valence-electron chi connectivity index (χ1n) is 6.60. The van der Waals surface area contributed by atoms with Crippen LogP contribution in [0.25, 0.3) is 0 Å². The highest BCUT2D eigenvalue weighted by atomic mass is 19.4. The van der Waals surface area contributed by atoms with Crippen molar-refractivity contribution in [1.29, 1.82) is 0 Å². The van der Waals surface area contributed by atoms with E-state index in [4.69, 9.17) is 0 Å². The van der Waals surface area contributed by atoms with Crippen LogP contribution in [0, 0.1) is 5.92 Å². The van der Waals surface area contributed by atoms with E-state index >= 15 is 0 Å². The second-order valence-electron chi connectivity index (χ2n) is 4.73. The van der Waals surface area contributed by atoms with Crippen molar-refractivity contribution in [2.45, 2.75) is 25.9 Å². The molecule has 1 atom stereocenters. The van der Waals surface area contributed by atoms with Gasteiger partial charge in [-0.05, 0) is 35.8 Å². The van der Waals surface area contributed by atoms with Gasteiger partial charge in [0, 0.05) is 5.92 Å². The lowest BCUT2D eigenvalue weighted by Crippen LogP contribution is -2.24. The van der Waals surface area contributed by atoms with E-state index in [9.17, 15) is 18.0 Å². The topological polar surface area (TPSA) is 83.6 Å². The summed E-state index contributed by atoms with van der Waals surface area (Å²) < 4.78 is 37.5. The molecule has 9 heteroatoms. The Morgan fingerprint density at radius 3 is 2.50 bits per heavy atom. The number of benzene rings is 1. The van der Waals surface area contributed by atoms with E-state index in [0.717, 1.165) is 12.1 Å². The van der Waals surface area contributed by atoms with E-state index in [1.807, 2.05) is 6.92 Å². The minimum atomic E-state index is -4.36. The SMILES string of the molecule is CC[C@@H](Cc1ccc(C(F)(F)F)cc1)C(=O)Nc1nn[nH]n1. The number of aromatic nitrogens is 4. The summed E-state index contributed by atoms with van der Waals surface area (Å²) in [4.78, 5) is 12.1. The number of amides is 1. The van der Waals surface area contributed by atoms with Gasteiger partial charge in [0.25, 0.3) is 5.95 Å². The maximum absolute atomic E-state index is 12.5. The van der Waals surface area contributed by atoms with Crippen molar-refractivity contribution in [3.8, 4) is 0 Å². The molecule has 0 unspecified atom stereocenters. The normalized spacial score (nSPS) is 12.9. The fraction of sp³-hybridized carbons (Fsp3) is 0.385. The molecule has 1 amide bonds. The van der Waals surface area contributed by atoms with Crippen molar-refractivity contribution >= 4 is 11.9 Å². The monoisotopic (exact) mass is 313 g/mol. The number of rotatable bonds is 5. The summed E-state index contributed by atoms with van der Waals surface area (Å²) in [6.07, 6.45) is -3.50. The number of alkyl halides is 3. The molecule has 0 saturated carbocycles. The molecule has 2 aromatic rings. The lowest BCUT2D eigenvalue weighted by atomic mass is 9.95. The summed E-state index contributed by atoms with van der Waals surface area (Å²) in [7, 11) is 0. The minimum Gasteiger partial charge on any atom is -0.292 e. The zero-order valence-electron chi connectivity index (χ0n) is 11.7. The van der Waals surface area contributed by atoms with Crippen LogP contribution >= 0.6 is 0 Å². The number of hydrogen-bond donors (Lipinski definition) is 2. The van der Waals surface area contributed by atoms with E-state index in [1.165, 1.54) is 12.1 Å². The summed E-state index contributed by atoms with van der Waals surface area (Å²) in [5.41, 5.74) is -0.0522. The fourth-order valence-electron chi connectivity index (χ4n) is 1.96. The van der Waals surface area contributed by atoms with Gasteiger partial charge in [-0.1, -0.05) is 24.2 Å². The number of tetrazole rings is 1. The van der Waals surface area contributed by atoms with Gasteiger partial charge in [-0.3, -0.25) is 10.1 Å². The number of aromatic amines is 1.